The third-order valence-electron chi connectivity index (χ3n) is 2.05. The molecule has 4 N–H and O–H groups in total. The standard InChI is InChI=1S/C10H8FN5O2/c11-5-3-6(9(12)13-4-5)10(18)14-7-1-2-8(17)16-15-7/h1-4H,(H2,12,13)(H,16,17)(H,14,15,18). The molecule has 0 radical (unpaired) electrons. The molecule has 0 spiro atoms. The maximum Gasteiger partial charge on any atom is 0.264 e. The van der Waals surface area contributed by atoms with Crippen LogP contribution in [-0.4, -0.2) is 21.1 Å². The predicted molar refractivity (Wildman–Crippen MR) is 61.4 cm³/mol. The number of amides is 1. The number of carbonyl (C=O) groups is 1. The van der Waals surface area contributed by atoms with Gasteiger partial charge in [0.1, 0.15) is 11.6 Å². The highest BCUT2D eigenvalue weighted by molar-refractivity contribution is 6.06. The molecule has 0 aromatic carbocycles. The number of aromatic nitrogens is 3. The molecule has 0 saturated heterocycles. The van der Waals surface area contributed by atoms with Crippen molar-refractivity contribution in [1.29, 1.82) is 0 Å². The summed E-state index contributed by atoms with van der Waals surface area (Å²) in [6.45, 7) is 0. The highest BCUT2D eigenvalue weighted by Crippen LogP contribution is 2.11. The first-order chi connectivity index (χ1) is 8.56. The van der Waals surface area contributed by atoms with Gasteiger partial charge in [-0.25, -0.2) is 14.5 Å². The van der Waals surface area contributed by atoms with Gasteiger partial charge in [-0.1, -0.05) is 0 Å². The molecule has 8 heteroatoms. The number of anilines is 2. The average molecular weight is 249 g/mol. The number of halogens is 1. The first-order valence-electron chi connectivity index (χ1n) is 4.84. The summed E-state index contributed by atoms with van der Waals surface area (Å²) in [6.07, 6.45) is 0.907. The van der Waals surface area contributed by atoms with Gasteiger partial charge in [0.05, 0.1) is 11.8 Å². The second-order valence-corrected chi connectivity index (χ2v) is 3.35. The monoisotopic (exact) mass is 249 g/mol. The fourth-order valence-corrected chi connectivity index (χ4v) is 1.23. The number of H-pyrrole nitrogens is 1. The largest absolute Gasteiger partial charge is 0.383 e. The van der Waals surface area contributed by atoms with Gasteiger partial charge >= 0.3 is 0 Å². The average Bonchev–Trinajstić information content (AvgIpc) is 2.35. The molecular weight excluding hydrogens is 241 g/mol. The molecule has 7 nitrogen and oxygen atoms in total. The molecule has 0 aliphatic carbocycles. The van der Waals surface area contributed by atoms with Crippen molar-refractivity contribution in [2.75, 3.05) is 11.1 Å². The van der Waals surface area contributed by atoms with Crippen LogP contribution in [-0.2, 0) is 0 Å². The van der Waals surface area contributed by atoms with Crippen LogP contribution in [0.2, 0.25) is 0 Å². The maximum atomic E-state index is 12.9. The Morgan fingerprint density at radius 2 is 2.22 bits per heavy atom. The van der Waals surface area contributed by atoms with Crippen molar-refractivity contribution in [2.24, 2.45) is 0 Å². The number of pyridine rings is 1. The van der Waals surface area contributed by atoms with Gasteiger partial charge in [0, 0.05) is 6.07 Å². The number of rotatable bonds is 2. The molecule has 92 valence electrons. The summed E-state index contributed by atoms with van der Waals surface area (Å²) in [5.41, 5.74) is 4.94. The van der Waals surface area contributed by atoms with Crippen molar-refractivity contribution in [3.63, 3.8) is 0 Å². The highest BCUT2D eigenvalue weighted by Gasteiger charge is 2.12. The van der Waals surface area contributed by atoms with Crippen molar-refractivity contribution < 1.29 is 9.18 Å². The summed E-state index contributed by atoms with van der Waals surface area (Å²) in [5.74, 6) is -1.33. The van der Waals surface area contributed by atoms with Crippen molar-refractivity contribution in [2.45, 2.75) is 0 Å². The van der Waals surface area contributed by atoms with E-state index in [0.717, 1.165) is 12.3 Å². The van der Waals surface area contributed by atoms with Gasteiger partial charge in [0.25, 0.3) is 11.5 Å². The number of aromatic amines is 1. The minimum atomic E-state index is -0.677. The van der Waals surface area contributed by atoms with E-state index in [9.17, 15) is 14.0 Å². The van der Waals surface area contributed by atoms with Crippen molar-refractivity contribution >= 4 is 17.5 Å². The van der Waals surface area contributed by atoms with Crippen LogP contribution in [0.3, 0.4) is 0 Å². The molecule has 0 atom stereocenters. The van der Waals surface area contributed by atoms with E-state index in [2.05, 4.69) is 20.5 Å². The zero-order valence-corrected chi connectivity index (χ0v) is 8.98. The SMILES string of the molecule is Nc1ncc(F)cc1C(=O)Nc1ccc(=O)[nH]n1. The van der Waals surface area contributed by atoms with E-state index >= 15 is 0 Å². The minimum Gasteiger partial charge on any atom is -0.383 e. The minimum absolute atomic E-state index is 0.0988. The molecule has 18 heavy (non-hydrogen) atoms. The number of nitrogen functional groups attached to an aromatic ring is 1. The van der Waals surface area contributed by atoms with Gasteiger partial charge in [0.15, 0.2) is 5.82 Å². The summed E-state index contributed by atoms with van der Waals surface area (Å²) >= 11 is 0. The number of nitrogens with one attached hydrogen (secondary N) is 2. The molecule has 0 aliphatic rings. The molecule has 0 fully saturated rings. The Labute approximate surface area is 99.9 Å². The van der Waals surface area contributed by atoms with Crippen molar-refractivity contribution in [3.05, 3.63) is 46.1 Å². The zero-order valence-electron chi connectivity index (χ0n) is 8.98. The van der Waals surface area contributed by atoms with Gasteiger partial charge in [-0.05, 0) is 12.1 Å². The lowest BCUT2D eigenvalue weighted by atomic mass is 10.2. The van der Waals surface area contributed by atoms with Crippen LogP contribution in [0.25, 0.3) is 0 Å². The Bertz CT molecular complexity index is 634. The van der Waals surface area contributed by atoms with Crippen molar-refractivity contribution in [3.8, 4) is 0 Å². The van der Waals surface area contributed by atoms with Crippen LogP contribution in [0.5, 0.6) is 0 Å². The van der Waals surface area contributed by atoms with Gasteiger partial charge in [-0.2, -0.15) is 5.10 Å². The van der Waals surface area contributed by atoms with Gasteiger partial charge in [-0.15, -0.1) is 0 Å². The first-order valence-corrected chi connectivity index (χ1v) is 4.84. The Kier molecular flexibility index (Phi) is 3.00. The van der Waals surface area contributed by atoms with Crippen LogP contribution in [0.1, 0.15) is 10.4 Å². The van der Waals surface area contributed by atoms with Crippen LogP contribution >= 0.6 is 0 Å². The Hall–Kier alpha value is -2.77. The number of hydrogen-bond acceptors (Lipinski definition) is 5. The lowest BCUT2D eigenvalue weighted by molar-refractivity contribution is 0.102. The fraction of sp³-hybridized carbons (Fsp3) is 0. The van der Waals surface area contributed by atoms with Gasteiger partial charge in [-0.3, -0.25) is 9.59 Å². The first kappa shape index (κ1) is 11.7. The molecule has 2 aromatic heterocycles. The van der Waals surface area contributed by atoms with Crippen LogP contribution < -0.4 is 16.6 Å². The maximum absolute atomic E-state index is 12.9. The zero-order chi connectivity index (χ0) is 13.1. The quantitative estimate of drug-likeness (QED) is 0.700. The van der Waals surface area contributed by atoms with E-state index < -0.39 is 17.3 Å². The third-order valence-corrected chi connectivity index (χ3v) is 2.05. The Balaban J connectivity index is 2.24. The smallest absolute Gasteiger partial charge is 0.264 e. The molecule has 0 bridgehead atoms. The van der Waals surface area contributed by atoms with Gasteiger partial charge in [0.2, 0.25) is 0 Å². The van der Waals surface area contributed by atoms with E-state index in [4.69, 9.17) is 5.73 Å². The molecule has 0 saturated carbocycles. The summed E-state index contributed by atoms with van der Waals surface area (Å²) in [7, 11) is 0. The van der Waals surface area contributed by atoms with Crippen LogP contribution in [0.15, 0.2) is 29.2 Å². The summed E-state index contributed by atoms with van der Waals surface area (Å²) in [6, 6.07) is 3.46. The second-order valence-electron chi connectivity index (χ2n) is 3.35. The topological polar surface area (TPSA) is 114 Å². The van der Waals surface area contributed by atoms with Gasteiger partial charge < -0.3 is 11.1 Å². The van der Waals surface area contributed by atoms with Crippen molar-refractivity contribution in [1.82, 2.24) is 15.2 Å². The molecule has 2 aromatic rings. The van der Waals surface area contributed by atoms with E-state index in [0.29, 0.717) is 0 Å². The van der Waals surface area contributed by atoms with E-state index in [1.54, 1.807) is 0 Å². The molecule has 0 aliphatic heterocycles. The lowest BCUT2D eigenvalue weighted by Crippen LogP contribution is -2.17. The highest BCUT2D eigenvalue weighted by atomic mass is 19.1. The summed E-state index contributed by atoms with van der Waals surface area (Å²) < 4.78 is 12.9. The second kappa shape index (κ2) is 4.62. The van der Waals surface area contributed by atoms with Crippen LogP contribution in [0, 0.1) is 5.82 Å². The molecule has 0 unspecified atom stereocenters. The molecule has 2 heterocycles. The summed E-state index contributed by atoms with van der Waals surface area (Å²) in [5, 5.41) is 8.06. The number of carbonyl (C=O) groups excluding carboxylic acids is 1. The predicted octanol–water partition coefficient (Wildman–Crippen LogP) is 0.138. The number of nitrogens with two attached hydrogens (primary N) is 1. The number of hydrogen-bond donors (Lipinski definition) is 3. The Morgan fingerprint density at radius 3 is 2.89 bits per heavy atom. The van der Waals surface area contributed by atoms with Crippen LogP contribution in [0.4, 0.5) is 16.0 Å². The lowest BCUT2D eigenvalue weighted by Gasteiger charge is -2.05. The fourth-order valence-electron chi connectivity index (χ4n) is 1.23. The normalized spacial score (nSPS) is 10.1. The van der Waals surface area contributed by atoms with E-state index in [-0.39, 0.29) is 17.2 Å². The number of nitrogens with zero attached hydrogens (tertiary/aromatic N) is 2. The van der Waals surface area contributed by atoms with E-state index in [1.165, 1.54) is 12.1 Å². The molecule has 1 amide bonds. The Morgan fingerprint density at radius 1 is 1.44 bits per heavy atom. The summed E-state index contributed by atoms with van der Waals surface area (Å²) in [4.78, 5) is 26.0. The van der Waals surface area contributed by atoms with E-state index in [1.807, 2.05) is 0 Å². The molecular formula is C10H8FN5O2. The third kappa shape index (κ3) is 2.48. The molecule has 2 rings (SSSR count).